The molecule has 1 amide bonds. The molecule has 2 fully saturated rings. The Balaban J connectivity index is 1.96. The molecule has 0 aromatic carbocycles. The molecule has 2 rings (SSSR count). The Kier molecular flexibility index (Phi) is 2.65. The number of alkyl carbamates (subject to hydrolysis) is 1. The minimum absolute atomic E-state index is 0.0141. The monoisotopic (exact) mass is 213 g/mol. The molecule has 1 aliphatic heterocycles. The van der Waals surface area contributed by atoms with Gasteiger partial charge in [-0.2, -0.15) is 0 Å². The molecule has 84 valence electrons. The van der Waals surface area contributed by atoms with E-state index in [9.17, 15) is 9.59 Å². The van der Waals surface area contributed by atoms with Gasteiger partial charge in [0.25, 0.3) is 0 Å². The summed E-state index contributed by atoms with van der Waals surface area (Å²) in [6.07, 6.45) is -0.541. The van der Waals surface area contributed by atoms with E-state index in [4.69, 9.17) is 4.74 Å². The molecule has 0 radical (unpaired) electrons. The fourth-order valence-electron chi connectivity index (χ4n) is 2.43. The summed E-state index contributed by atoms with van der Waals surface area (Å²) in [6.45, 7) is 2.92. The minimum atomic E-state index is -0.541. The van der Waals surface area contributed by atoms with Gasteiger partial charge in [-0.15, -0.1) is 0 Å². The first-order valence-electron chi connectivity index (χ1n) is 5.08. The molecule has 0 spiro atoms. The number of fused-ring (bicyclic) bond motifs is 1. The molecule has 5 nitrogen and oxygen atoms in total. The van der Waals surface area contributed by atoms with Crippen LogP contribution >= 0.6 is 0 Å². The number of hydrogen-bond acceptors (Lipinski definition) is 4. The lowest BCUT2D eigenvalue weighted by Gasteiger charge is -2.16. The molecule has 1 N–H and O–H groups in total. The van der Waals surface area contributed by atoms with E-state index in [0.29, 0.717) is 25.0 Å². The number of ketones is 1. The second kappa shape index (κ2) is 3.81. The highest BCUT2D eigenvalue weighted by Gasteiger charge is 2.58. The van der Waals surface area contributed by atoms with Gasteiger partial charge in [0.1, 0.15) is 0 Å². The molecule has 0 bridgehead atoms. The average Bonchev–Trinajstić information content (AvgIpc) is 2.68. The summed E-state index contributed by atoms with van der Waals surface area (Å²) >= 11 is 0. The van der Waals surface area contributed by atoms with Gasteiger partial charge in [0.2, 0.25) is 0 Å². The third kappa shape index (κ3) is 1.84. The van der Waals surface area contributed by atoms with Crippen LogP contribution in [0.25, 0.3) is 0 Å². The van der Waals surface area contributed by atoms with Crippen LogP contribution < -0.4 is 5.32 Å². The topological polar surface area (TPSA) is 64.6 Å². The summed E-state index contributed by atoms with van der Waals surface area (Å²) in [5.41, 5.74) is 0. The van der Waals surface area contributed by atoms with Crippen molar-refractivity contribution in [2.24, 2.45) is 17.8 Å². The zero-order chi connectivity index (χ0) is 11.0. The summed E-state index contributed by atoms with van der Waals surface area (Å²) in [6, 6.07) is -0.406. The summed E-state index contributed by atoms with van der Waals surface area (Å²) in [4.78, 5) is 22.5. The number of ether oxygens (including phenoxy) is 2. The smallest absolute Gasteiger partial charge is 0.407 e. The first-order valence-corrected chi connectivity index (χ1v) is 5.08. The van der Waals surface area contributed by atoms with E-state index in [1.165, 1.54) is 14.0 Å². The third-order valence-corrected chi connectivity index (χ3v) is 3.30. The molecule has 4 atom stereocenters. The highest BCUT2D eigenvalue weighted by Crippen LogP contribution is 2.52. The molecular weight excluding hydrogens is 198 g/mol. The lowest BCUT2D eigenvalue weighted by molar-refractivity contribution is -0.119. The highest BCUT2D eigenvalue weighted by molar-refractivity contribution is 5.86. The Bertz CT molecular complexity index is 281. The summed E-state index contributed by atoms with van der Waals surface area (Å²) in [7, 11) is 1.30. The number of hydrogen-bond donors (Lipinski definition) is 1. The van der Waals surface area contributed by atoms with Gasteiger partial charge < -0.3 is 14.8 Å². The van der Waals surface area contributed by atoms with E-state index < -0.39 is 12.1 Å². The maximum atomic E-state index is 11.4. The molecule has 5 heteroatoms. The summed E-state index contributed by atoms with van der Waals surface area (Å²) in [5.74, 6) is 1.11. The first kappa shape index (κ1) is 10.4. The molecule has 1 saturated carbocycles. The first-order chi connectivity index (χ1) is 7.15. The van der Waals surface area contributed by atoms with Gasteiger partial charge in [-0.1, -0.05) is 0 Å². The van der Waals surface area contributed by atoms with Crippen molar-refractivity contribution in [1.82, 2.24) is 5.32 Å². The van der Waals surface area contributed by atoms with Crippen LogP contribution in [0.2, 0.25) is 0 Å². The Hall–Kier alpha value is -1.10. The van der Waals surface area contributed by atoms with Gasteiger partial charge in [-0.05, 0) is 24.7 Å². The van der Waals surface area contributed by atoms with Crippen LogP contribution in [0.4, 0.5) is 4.79 Å². The average molecular weight is 213 g/mol. The van der Waals surface area contributed by atoms with Crippen LogP contribution in [0.15, 0.2) is 0 Å². The van der Waals surface area contributed by atoms with Gasteiger partial charge in [0.15, 0.2) is 5.78 Å². The number of amides is 1. The van der Waals surface area contributed by atoms with E-state index in [0.717, 1.165) is 0 Å². The molecule has 1 saturated heterocycles. The number of methoxy groups -OCH3 is 1. The van der Waals surface area contributed by atoms with Gasteiger partial charge in [0.05, 0.1) is 26.4 Å². The molecule has 1 aliphatic carbocycles. The van der Waals surface area contributed by atoms with Crippen molar-refractivity contribution in [3.8, 4) is 0 Å². The van der Waals surface area contributed by atoms with Crippen molar-refractivity contribution in [3.63, 3.8) is 0 Å². The van der Waals surface area contributed by atoms with Crippen LogP contribution in [-0.2, 0) is 14.3 Å². The Labute approximate surface area is 88.1 Å². The van der Waals surface area contributed by atoms with Crippen molar-refractivity contribution in [2.45, 2.75) is 13.0 Å². The Morgan fingerprint density at radius 3 is 2.47 bits per heavy atom. The van der Waals surface area contributed by atoms with Crippen LogP contribution in [0.3, 0.4) is 0 Å². The van der Waals surface area contributed by atoms with Gasteiger partial charge >= 0.3 is 6.09 Å². The third-order valence-electron chi connectivity index (χ3n) is 3.30. The van der Waals surface area contributed by atoms with E-state index in [1.807, 2.05) is 0 Å². The zero-order valence-corrected chi connectivity index (χ0v) is 8.86. The maximum Gasteiger partial charge on any atom is 0.407 e. The Morgan fingerprint density at radius 1 is 1.40 bits per heavy atom. The summed E-state index contributed by atoms with van der Waals surface area (Å²) in [5, 5.41) is 2.59. The molecule has 1 heterocycles. The maximum absolute atomic E-state index is 11.4. The standard InChI is InChI=1S/C10H15NO4/c1-5(12)9(11-10(13)14-2)8-6-3-15-4-7(6)8/h6-9H,3-4H2,1-2H3,(H,11,13)/t6-,7+,8+,9?. The predicted molar refractivity (Wildman–Crippen MR) is 51.3 cm³/mol. The molecule has 0 aromatic heterocycles. The van der Waals surface area contributed by atoms with Gasteiger partial charge in [-0.3, -0.25) is 4.79 Å². The van der Waals surface area contributed by atoms with Crippen LogP contribution in [0, 0.1) is 17.8 Å². The fourth-order valence-corrected chi connectivity index (χ4v) is 2.43. The SMILES string of the molecule is COC(=O)NC(C(C)=O)[C@H]1[C@@H]2COC[C@@H]21. The molecule has 2 aliphatic rings. The fraction of sp³-hybridized carbons (Fsp3) is 0.800. The quantitative estimate of drug-likeness (QED) is 0.727. The lowest BCUT2D eigenvalue weighted by atomic mass is 10.1. The normalized spacial score (nSPS) is 34.1. The second-order valence-electron chi connectivity index (χ2n) is 4.17. The van der Waals surface area contributed by atoms with Crippen molar-refractivity contribution in [3.05, 3.63) is 0 Å². The van der Waals surface area contributed by atoms with Crippen molar-refractivity contribution in [2.75, 3.05) is 20.3 Å². The highest BCUT2D eigenvalue weighted by atomic mass is 16.5. The van der Waals surface area contributed by atoms with Crippen molar-refractivity contribution < 1.29 is 19.1 Å². The van der Waals surface area contributed by atoms with Gasteiger partial charge in [0, 0.05) is 0 Å². The van der Waals surface area contributed by atoms with E-state index in [-0.39, 0.29) is 11.7 Å². The van der Waals surface area contributed by atoms with Crippen molar-refractivity contribution in [1.29, 1.82) is 0 Å². The number of Topliss-reactive ketones (excluding diaryl/α,β-unsaturated/α-hetero) is 1. The second-order valence-corrected chi connectivity index (χ2v) is 4.17. The number of carbonyl (C=O) groups is 2. The predicted octanol–water partition coefficient (Wildman–Crippen LogP) is 0.192. The number of nitrogens with one attached hydrogen (secondary N) is 1. The van der Waals surface area contributed by atoms with Gasteiger partial charge in [-0.25, -0.2) is 4.79 Å². The Morgan fingerprint density at radius 2 is 2.00 bits per heavy atom. The van der Waals surface area contributed by atoms with E-state index in [1.54, 1.807) is 0 Å². The van der Waals surface area contributed by atoms with Crippen LogP contribution in [0.5, 0.6) is 0 Å². The van der Waals surface area contributed by atoms with Crippen molar-refractivity contribution >= 4 is 11.9 Å². The van der Waals surface area contributed by atoms with E-state index in [2.05, 4.69) is 10.1 Å². The molecule has 15 heavy (non-hydrogen) atoms. The molecule has 0 aromatic rings. The largest absolute Gasteiger partial charge is 0.453 e. The molecular formula is C10H15NO4. The summed E-state index contributed by atoms with van der Waals surface area (Å²) < 4.78 is 9.74. The lowest BCUT2D eigenvalue weighted by Crippen LogP contribution is -2.42. The minimum Gasteiger partial charge on any atom is -0.453 e. The molecule has 1 unspecified atom stereocenters. The number of rotatable bonds is 3. The van der Waals surface area contributed by atoms with Crippen LogP contribution in [0.1, 0.15) is 6.92 Å². The van der Waals surface area contributed by atoms with E-state index >= 15 is 0 Å². The zero-order valence-electron chi connectivity index (χ0n) is 8.86. The number of carbonyl (C=O) groups excluding carboxylic acids is 2. The van der Waals surface area contributed by atoms with Crippen LogP contribution in [-0.4, -0.2) is 38.2 Å².